The molecule has 0 radical (unpaired) electrons. The van der Waals surface area contributed by atoms with Gasteiger partial charge in [0, 0.05) is 24.7 Å². The summed E-state index contributed by atoms with van der Waals surface area (Å²) in [5, 5.41) is 3.80. The quantitative estimate of drug-likeness (QED) is 0.821. The van der Waals surface area contributed by atoms with E-state index >= 15 is 0 Å². The Bertz CT molecular complexity index is 485. The zero-order chi connectivity index (χ0) is 12.3. The molecule has 0 aliphatic rings. The Kier molecular flexibility index (Phi) is 3.39. The monoisotopic (exact) mass is 232 g/mol. The molecule has 2 aromatic heterocycles. The van der Waals surface area contributed by atoms with Gasteiger partial charge in [0.05, 0.1) is 0 Å². The fourth-order valence-corrected chi connectivity index (χ4v) is 1.57. The molecule has 2 rings (SSSR count). The molecule has 0 aromatic carbocycles. The normalized spacial score (nSPS) is 11.0. The summed E-state index contributed by atoms with van der Waals surface area (Å²) in [6.07, 6.45) is 1.70. The number of aromatic amines is 1. The summed E-state index contributed by atoms with van der Waals surface area (Å²) in [7, 11) is 3.94. The van der Waals surface area contributed by atoms with Crippen LogP contribution in [0.25, 0.3) is 11.0 Å². The molecule has 5 heteroatoms. The van der Waals surface area contributed by atoms with E-state index in [1.807, 2.05) is 37.2 Å². The SMILES string of the molecule is CN(C)CCNC(=O)c1cc2cccnc2[nH]1. The first kappa shape index (κ1) is 11.6. The molecule has 90 valence electrons. The number of hydrogen-bond donors (Lipinski definition) is 2. The van der Waals surface area contributed by atoms with Crippen LogP contribution in [0.1, 0.15) is 10.5 Å². The van der Waals surface area contributed by atoms with Crippen LogP contribution in [0, 0.1) is 0 Å². The lowest BCUT2D eigenvalue weighted by Crippen LogP contribution is -2.31. The third-order valence-electron chi connectivity index (χ3n) is 2.48. The molecule has 17 heavy (non-hydrogen) atoms. The van der Waals surface area contributed by atoms with Gasteiger partial charge in [0.1, 0.15) is 11.3 Å². The van der Waals surface area contributed by atoms with Crippen LogP contribution in [0.4, 0.5) is 0 Å². The average Bonchev–Trinajstić information content (AvgIpc) is 2.71. The Morgan fingerprint density at radius 1 is 1.53 bits per heavy atom. The molecule has 0 saturated heterocycles. The van der Waals surface area contributed by atoms with Gasteiger partial charge in [0.15, 0.2) is 0 Å². The van der Waals surface area contributed by atoms with Gasteiger partial charge in [-0.2, -0.15) is 0 Å². The number of hydrogen-bond acceptors (Lipinski definition) is 3. The van der Waals surface area contributed by atoms with Gasteiger partial charge >= 0.3 is 0 Å². The average molecular weight is 232 g/mol. The van der Waals surface area contributed by atoms with E-state index in [0.717, 1.165) is 17.6 Å². The molecule has 0 fully saturated rings. The number of carbonyl (C=O) groups is 1. The molecule has 2 N–H and O–H groups in total. The summed E-state index contributed by atoms with van der Waals surface area (Å²) in [5.74, 6) is -0.0927. The predicted octanol–water partition coefficient (Wildman–Crippen LogP) is 0.854. The summed E-state index contributed by atoms with van der Waals surface area (Å²) in [6, 6.07) is 5.59. The van der Waals surface area contributed by atoms with Crippen molar-refractivity contribution in [2.45, 2.75) is 0 Å². The van der Waals surface area contributed by atoms with Gasteiger partial charge in [0.2, 0.25) is 0 Å². The fraction of sp³-hybridized carbons (Fsp3) is 0.333. The largest absolute Gasteiger partial charge is 0.349 e. The van der Waals surface area contributed by atoms with Crippen LogP contribution < -0.4 is 5.32 Å². The maximum Gasteiger partial charge on any atom is 0.267 e. The van der Waals surface area contributed by atoms with Crippen LogP contribution >= 0.6 is 0 Å². The lowest BCUT2D eigenvalue weighted by molar-refractivity contribution is 0.0947. The summed E-state index contributed by atoms with van der Waals surface area (Å²) in [4.78, 5) is 21.0. The van der Waals surface area contributed by atoms with Crippen molar-refractivity contribution in [3.63, 3.8) is 0 Å². The summed E-state index contributed by atoms with van der Waals surface area (Å²) >= 11 is 0. The number of aromatic nitrogens is 2. The van der Waals surface area contributed by atoms with E-state index in [0.29, 0.717) is 12.2 Å². The van der Waals surface area contributed by atoms with Crippen LogP contribution in [-0.2, 0) is 0 Å². The van der Waals surface area contributed by atoms with E-state index in [2.05, 4.69) is 15.3 Å². The van der Waals surface area contributed by atoms with E-state index in [1.54, 1.807) is 6.20 Å². The minimum Gasteiger partial charge on any atom is -0.349 e. The van der Waals surface area contributed by atoms with Gasteiger partial charge in [-0.15, -0.1) is 0 Å². The predicted molar refractivity (Wildman–Crippen MR) is 67.0 cm³/mol. The standard InChI is InChI=1S/C12H16N4O/c1-16(2)7-6-14-12(17)10-8-9-4-3-5-13-11(9)15-10/h3-5,8H,6-7H2,1-2H3,(H,13,15)(H,14,17). The van der Waals surface area contributed by atoms with E-state index in [-0.39, 0.29) is 5.91 Å². The Morgan fingerprint density at radius 2 is 2.35 bits per heavy atom. The van der Waals surface area contributed by atoms with Gasteiger partial charge in [-0.1, -0.05) is 0 Å². The number of pyridine rings is 1. The molecule has 0 aliphatic heterocycles. The second kappa shape index (κ2) is 4.97. The first-order valence-electron chi connectivity index (χ1n) is 5.53. The highest BCUT2D eigenvalue weighted by Gasteiger charge is 2.08. The number of amides is 1. The number of likely N-dealkylation sites (N-methyl/N-ethyl adjacent to an activating group) is 1. The smallest absolute Gasteiger partial charge is 0.267 e. The van der Waals surface area contributed by atoms with E-state index in [4.69, 9.17) is 0 Å². The molecule has 0 atom stereocenters. The van der Waals surface area contributed by atoms with Crippen molar-refractivity contribution in [2.24, 2.45) is 0 Å². The molecule has 2 heterocycles. The molecule has 0 bridgehead atoms. The van der Waals surface area contributed by atoms with Crippen LogP contribution in [0.3, 0.4) is 0 Å². The van der Waals surface area contributed by atoms with Crippen molar-refractivity contribution in [1.29, 1.82) is 0 Å². The fourth-order valence-electron chi connectivity index (χ4n) is 1.57. The summed E-state index contributed by atoms with van der Waals surface area (Å²) in [6.45, 7) is 1.46. The van der Waals surface area contributed by atoms with E-state index < -0.39 is 0 Å². The third-order valence-corrected chi connectivity index (χ3v) is 2.48. The number of nitrogens with zero attached hydrogens (tertiary/aromatic N) is 2. The summed E-state index contributed by atoms with van der Waals surface area (Å²) in [5.41, 5.74) is 1.29. The molecular weight excluding hydrogens is 216 g/mol. The van der Waals surface area contributed by atoms with Crippen molar-refractivity contribution in [3.8, 4) is 0 Å². The maximum atomic E-state index is 11.8. The number of nitrogens with one attached hydrogen (secondary N) is 2. The van der Waals surface area contributed by atoms with Crippen LogP contribution in [0.5, 0.6) is 0 Å². The highest BCUT2D eigenvalue weighted by atomic mass is 16.1. The Labute approximate surface area is 99.8 Å². The molecule has 5 nitrogen and oxygen atoms in total. The molecule has 1 amide bonds. The van der Waals surface area contributed by atoms with Crippen LogP contribution in [-0.4, -0.2) is 48.0 Å². The second-order valence-electron chi connectivity index (χ2n) is 4.18. The topological polar surface area (TPSA) is 61.0 Å². The van der Waals surface area contributed by atoms with Crippen molar-refractivity contribution >= 4 is 16.9 Å². The summed E-state index contributed by atoms with van der Waals surface area (Å²) < 4.78 is 0. The lowest BCUT2D eigenvalue weighted by Gasteiger charge is -2.09. The molecule has 0 saturated carbocycles. The van der Waals surface area contributed by atoms with Gasteiger partial charge < -0.3 is 15.2 Å². The van der Waals surface area contributed by atoms with Gasteiger partial charge in [-0.3, -0.25) is 4.79 Å². The van der Waals surface area contributed by atoms with Crippen LogP contribution in [0.15, 0.2) is 24.4 Å². The number of rotatable bonds is 4. The van der Waals surface area contributed by atoms with Crippen LogP contribution in [0.2, 0.25) is 0 Å². The van der Waals surface area contributed by atoms with Crippen molar-refractivity contribution in [2.75, 3.05) is 27.2 Å². The van der Waals surface area contributed by atoms with Crippen molar-refractivity contribution in [3.05, 3.63) is 30.1 Å². The first-order chi connectivity index (χ1) is 8.16. The molecule has 0 aliphatic carbocycles. The minimum absolute atomic E-state index is 0.0927. The molecule has 0 spiro atoms. The zero-order valence-corrected chi connectivity index (χ0v) is 10.0. The highest BCUT2D eigenvalue weighted by molar-refractivity contribution is 5.97. The van der Waals surface area contributed by atoms with Gasteiger partial charge in [-0.05, 0) is 32.3 Å². The molecule has 2 aromatic rings. The third kappa shape index (κ3) is 2.82. The molecular formula is C12H16N4O. The number of fused-ring (bicyclic) bond motifs is 1. The Hall–Kier alpha value is -1.88. The van der Waals surface area contributed by atoms with Gasteiger partial charge in [-0.25, -0.2) is 4.98 Å². The number of carbonyl (C=O) groups excluding carboxylic acids is 1. The lowest BCUT2D eigenvalue weighted by atomic mass is 10.3. The maximum absolute atomic E-state index is 11.8. The zero-order valence-electron chi connectivity index (χ0n) is 10.0. The second-order valence-corrected chi connectivity index (χ2v) is 4.18. The van der Waals surface area contributed by atoms with Crippen molar-refractivity contribution < 1.29 is 4.79 Å². The Balaban J connectivity index is 2.04. The minimum atomic E-state index is -0.0927. The van der Waals surface area contributed by atoms with Crippen molar-refractivity contribution in [1.82, 2.24) is 20.2 Å². The van der Waals surface area contributed by atoms with E-state index in [9.17, 15) is 4.79 Å². The first-order valence-corrected chi connectivity index (χ1v) is 5.53. The van der Waals surface area contributed by atoms with Gasteiger partial charge in [0.25, 0.3) is 5.91 Å². The Morgan fingerprint density at radius 3 is 3.06 bits per heavy atom. The number of H-pyrrole nitrogens is 1. The molecule has 0 unspecified atom stereocenters. The van der Waals surface area contributed by atoms with E-state index in [1.165, 1.54) is 0 Å². The highest BCUT2D eigenvalue weighted by Crippen LogP contribution is 2.11.